The van der Waals surface area contributed by atoms with Crippen LogP contribution in [0.15, 0.2) is 0 Å². The van der Waals surface area contributed by atoms with Gasteiger partial charge in [0.2, 0.25) is 0 Å². The van der Waals surface area contributed by atoms with E-state index in [4.69, 9.17) is 8.05 Å². The highest BCUT2D eigenvalue weighted by atomic mass is 31.1. The van der Waals surface area contributed by atoms with Crippen molar-refractivity contribution in [3.8, 4) is 0 Å². The van der Waals surface area contributed by atoms with Crippen molar-refractivity contribution < 1.29 is 4.44 Å². The maximum atomic E-state index is 4.90. The maximum Gasteiger partial charge on any atom is 0.289 e. The van der Waals surface area contributed by atoms with Gasteiger partial charge >= 0.3 is 0 Å². The molecule has 0 aromatic heterocycles. The highest BCUT2D eigenvalue weighted by Crippen LogP contribution is 2.35. The van der Waals surface area contributed by atoms with Gasteiger partial charge in [0.25, 0.3) is 8.05 Å². The van der Waals surface area contributed by atoms with E-state index in [0.29, 0.717) is 5.66 Å². The quantitative estimate of drug-likeness (QED) is 0.392. The van der Waals surface area contributed by atoms with Crippen molar-refractivity contribution in [3.63, 3.8) is 0 Å². The van der Waals surface area contributed by atoms with Crippen LogP contribution in [0.3, 0.4) is 0 Å². The monoisotopic (exact) mass is 116 g/mol. The molecule has 2 radical (unpaired) electrons. The lowest BCUT2D eigenvalue weighted by Gasteiger charge is -2.12. The van der Waals surface area contributed by atoms with Gasteiger partial charge in [-0.2, -0.15) is 0 Å². The van der Waals surface area contributed by atoms with Gasteiger partial charge in [-0.15, -0.1) is 0 Å². The van der Waals surface area contributed by atoms with Crippen molar-refractivity contribution in [1.82, 2.24) is 0 Å². The lowest BCUT2D eigenvalue weighted by Crippen LogP contribution is -1.91. The number of rotatable bonds is 2. The van der Waals surface area contributed by atoms with Crippen molar-refractivity contribution in [2.75, 3.05) is 6.66 Å². The Labute approximate surface area is 47.7 Å². The molecular formula is C4H10BOP. The number of hydrogen-bond acceptors (Lipinski definition) is 1. The molecule has 0 rings (SSSR count). The fourth-order valence-corrected chi connectivity index (χ4v) is 0.365. The molecule has 0 bridgehead atoms. The standard InChI is InChI=1S/C4H10BOP/c1-4(2)7(3)6-5/h4H,1-3H3. The average Bonchev–Trinajstić information content (AvgIpc) is 1.65. The molecule has 3 heteroatoms. The maximum absolute atomic E-state index is 4.90. The Hall–Kier alpha value is 0.455. The van der Waals surface area contributed by atoms with Crippen molar-refractivity contribution in [3.05, 3.63) is 0 Å². The van der Waals surface area contributed by atoms with E-state index < -0.39 is 0 Å². The summed E-state index contributed by atoms with van der Waals surface area (Å²) >= 11 is 0. The van der Waals surface area contributed by atoms with E-state index in [1.54, 1.807) is 0 Å². The zero-order valence-electron chi connectivity index (χ0n) is 5.01. The zero-order chi connectivity index (χ0) is 5.86. The van der Waals surface area contributed by atoms with E-state index >= 15 is 0 Å². The summed E-state index contributed by atoms with van der Waals surface area (Å²) < 4.78 is 4.58. The third-order valence-corrected chi connectivity index (χ3v) is 2.68. The summed E-state index contributed by atoms with van der Waals surface area (Å²) in [7, 11) is 4.54. The first-order chi connectivity index (χ1) is 3.18. The van der Waals surface area contributed by atoms with Crippen LogP contribution in [0.1, 0.15) is 13.8 Å². The van der Waals surface area contributed by atoms with Crippen LogP contribution in [0.5, 0.6) is 0 Å². The highest BCUT2D eigenvalue weighted by molar-refractivity contribution is 7.53. The third-order valence-electron chi connectivity index (χ3n) is 0.893. The molecule has 0 saturated carbocycles. The molecular weight excluding hydrogens is 106 g/mol. The van der Waals surface area contributed by atoms with Crippen LogP contribution in [0, 0.1) is 0 Å². The molecule has 1 nitrogen and oxygen atoms in total. The van der Waals surface area contributed by atoms with Gasteiger partial charge in [0.15, 0.2) is 0 Å². The SMILES string of the molecule is [B]OP(C)C(C)C. The molecule has 0 heterocycles. The van der Waals surface area contributed by atoms with Gasteiger partial charge in [-0.25, -0.2) is 0 Å². The first kappa shape index (κ1) is 7.45. The highest BCUT2D eigenvalue weighted by Gasteiger charge is 2.01. The van der Waals surface area contributed by atoms with Crippen LogP contribution in [0.2, 0.25) is 0 Å². The average molecular weight is 116 g/mol. The Bertz CT molecular complexity index is 49.0. The smallest absolute Gasteiger partial charge is 0.289 e. The molecule has 0 aliphatic carbocycles. The molecule has 0 aromatic carbocycles. The lowest BCUT2D eigenvalue weighted by atomic mass is 10.6. The van der Waals surface area contributed by atoms with E-state index in [9.17, 15) is 0 Å². The fraction of sp³-hybridized carbons (Fsp3) is 1.00. The third kappa shape index (κ3) is 3.07. The summed E-state index contributed by atoms with van der Waals surface area (Å²) in [5.41, 5.74) is 0.583. The largest absolute Gasteiger partial charge is 0.427 e. The zero-order valence-corrected chi connectivity index (χ0v) is 5.90. The second-order valence-electron chi connectivity index (χ2n) is 1.75. The summed E-state index contributed by atoms with van der Waals surface area (Å²) in [6.07, 6.45) is 0. The Morgan fingerprint density at radius 3 is 2.00 bits per heavy atom. The summed E-state index contributed by atoms with van der Waals surface area (Å²) in [6, 6.07) is 0. The summed E-state index contributed by atoms with van der Waals surface area (Å²) in [5, 5.41) is 0. The summed E-state index contributed by atoms with van der Waals surface area (Å²) in [6.45, 7) is 6.21. The van der Waals surface area contributed by atoms with Crippen LogP contribution in [-0.4, -0.2) is 20.4 Å². The van der Waals surface area contributed by atoms with Gasteiger partial charge in [0.1, 0.15) is 0 Å². The minimum Gasteiger partial charge on any atom is -0.427 e. The Morgan fingerprint density at radius 2 is 2.00 bits per heavy atom. The summed E-state index contributed by atoms with van der Waals surface area (Å²) in [4.78, 5) is 0. The predicted octanol–water partition coefficient (Wildman–Crippen LogP) is 1.52. The molecule has 0 aromatic rings. The van der Waals surface area contributed by atoms with Gasteiger partial charge in [-0.1, -0.05) is 13.8 Å². The Kier molecular flexibility index (Phi) is 3.68. The van der Waals surface area contributed by atoms with Crippen LogP contribution >= 0.6 is 8.15 Å². The van der Waals surface area contributed by atoms with Crippen molar-refractivity contribution >= 4 is 16.2 Å². The van der Waals surface area contributed by atoms with Crippen LogP contribution in [0.4, 0.5) is 0 Å². The topological polar surface area (TPSA) is 9.23 Å². The molecule has 0 spiro atoms. The van der Waals surface area contributed by atoms with E-state index in [2.05, 4.69) is 18.3 Å². The van der Waals surface area contributed by atoms with Crippen molar-refractivity contribution in [2.45, 2.75) is 19.5 Å². The molecule has 0 aliphatic heterocycles. The minimum atomic E-state index is -0.360. The van der Waals surface area contributed by atoms with Gasteiger partial charge in [-0.05, 0) is 12.3 Å². The Morgan fingerprint density at radius 1 is 1.57 bits per heavy atom. The van der Waals surface area contributed by atoms with Gasteiger partial charge in [0, 0.05) is 8.15 Å². The van der Waals surface area contributed by atoms with E-state index in [1.165, 1.54) is 0 Å². The van der Waals surface area contributed by atoms with E-state index in [1.807, 2.05) is 6.66 Å². The second-order valence-corrected chi connectivity index (χ2v) is 4.08. The number of hydrogen-bond donors (Lipinski definition) is 0. The van der Waals surface area contributed by atoms with Crippen molar-refractivity contribution in [1.29, 1.82) is 0 Å². The molecule has 0 amide bonds. The van der Waals surface area contributed by atoms with Crippen LogP contribution in [0.25, 0.3) is 0 Å². The van der Waals surface area contributed by atoms with Crippen LogP contribution < -0.4 is 0 Å². The normalized spacial score (nSPS) is 14.9. The molecule has 0 saturated heterocycles. The van der Waals surface area contributed by atoms with Crippen molar-refractivity contribution in [2.24, 2.45) is 0 Å². The molecule has 0 aliphatic rings. The van der Waals surface area contributed by atoms with Gasteiger partial charge in [-0.3, -0.25) is 0 Å². The molecule has 7 heavy (non-hydrogen) atoms. The van der Waals surface area contributed by atoms with E-state index in [-0.39, 0.29) is 8.15 Å². The lowest BCUT2D eigenvalue weighted by molar-refractivity contribution is 0.677. The minimum absolute atomic E-state index is 0.360. The second kappa shape index (κ2) is 3.46. The molecule has 1 atom stereocenters. The van der Waals surface area contributed by atoms with Gasteiger partial charge in [0.05, 0.1) is 0 Å². The summed E-state index contributed by atoms with van der Waals surface area (Å²) in [5.74, 6) is 0. The molecule has 40 valence electrons. The van der Waals surface area contributed by atoms with E-state index in [0.717, 1.165) is 0 Å². The molecule has 1 unspecified atom stereocenters. The first-order valence-electron chi connectivity index (χ1n) is 2.28. The van der Waals surface area contributed by atoms with Crippen LogP contribution in [-0.2, 0) is 4.44 Å². The molecule has 0 fully saturated rings. The molecule has 0 N–H and O–H groups in total. The Balaban J connectivity index is 3.14. The first-order valence-corrected chi connectivity index (χ1v) is 4.05. The predicted molar refractivity (Wildman–Crippen MR) is 34.8 cm³/mol. The fourth-order valence-electron chi connectivity index (χ4n) is 0.122. The van der Waals surface area contributed by atoms with Gasteiger partial charge < -0.3 is 4.44 Å².